The molecule has 8 atom stereocenters. The summed E-state index contributed by atoms with van der Waals surface area (Å²) in [5.74, 6) is -2.11. The fourth-order valence-electron chi connectivity index (χ4n) is 8.14. The lowest BCUT2D eigenvalue weighted by Crippen LogP contribution is -2.65. The van der Waals surface area contributed by atoms with Crippen LogP contribution < -0.4 is 0 Å². The maximum absolute atomic E-state index is 14.7. The number of carbonyl (C=O) groups excluding carboxylic acids is 3. The topological polar surface area (TPSA) is 110 Å². The zero-order valence-corrected chi connectivity index (χ0v) is 23.7. The molecule has 2 bridgehead atoms. The highest BCUT2D eigenvalue weighted by molar-refractivity contribution is 5.96. The van der Waals surface area contributed by atoms with Gasteiger partial charge in [-0.3, -0.25) is 4.79 Å². The number of Topliss-reactive ketones (excluding diaryl/α,β-unsaturated/α-hetero) is 1. The number of rotatable bonds is 5. The van der Waals surface area contributed by atoms with E-state index in [4.69, 9.17) is 9.47 Å². The molecule has 0 heterocycles. The zero-order chi connectivity index (χ0) is 29.3. The lowest BCUT2D eigenvalue weighted by molar-refractivity contribution is -0.190. The first-order valence-corrected chi connectivity index (χ1v) is 14.3. The van der Waals surface area contributed by atoms with Crippen LogP contribution in [0.4, 0.5) is 0 Å². The second kappa shape index (κ2) is 9.50. The summed E-state index contributed by atoms with van der Waals surface area (Å²) in [6.07, 6.45) is 1.22. The maximum Gasteiger partial charge on any atom is 0.338 e. The Bertz CT molecular complexity index is 1460. The number of aliphatic hydroxyl groups is 2. The normalized spacial score (nSPS) is 36.5. The molecular weight excluding hydrogens is 520 g/mol. The second-order valence-corrected chi connectivity index (χ2v) is 12.8. The Kier molecular flexibility index (Phi) is 6.40. The third-order valence-corrected chi connectivity index (χ3v) is 10.3. The molecule has 1 unspecified atom stereocenters. The number of fused-ring (bicyclic) bond motifs is 3. The van der Waals surface area contributed by atoms with Crippen LogP contribution in [0.5, 0.6) is 0 Å². The van der Waals surface area contributed by atoms with Crippen molar-refractivity contribution >= 4 is 17.7 Å². The highest BCUT2D eigenvalue weighted by Gasteiger charge is 2.76. The largest absolute Gasteiger partial charge is 0.457 e. The standard InChI is InChI=1S/C34H36O7/c1-19-17-33-20(2)15-25-26(32(25,3)4)24(28(33)36)16-23(18-40-30(37)21-11-7-5-8-12-21)27(35)34(33,39)29(19)41-31(38)22-13-9-6-10-14-22/h5-14,16-17,20,24-27,29,35,39H,15,18H2,1-4H3/t20-,24+,25-,26+,27-,29+,33?,34-/m1/s1. The lowest BCUT2D eigenvalue weighted by Gasteiger charge is -2.48. The number of esters is 2. The molecule has 0 aliphatic heterocycles. The lowest BCUT2D eigenvalue weighted by atomic mass is 9.59. The third-order valence-electron chi connectivity index (χ3n) is 10.3. The van der Waals surface area contributed by atoms with Gasteiger partial charge in [-0.15, -0.1) is 0 Å². The van der Waals surface area contributed by atoms with Crippen LogP contribution in [0.1, 0.15) is 54.8 Å². The Balaban J connectivity index is 1.43. The average molecular weight is 557 g/mol. The molecule has 2 N–H and O–H groups in total. The van der Waals surface area contributed by atoms with E-state index < -0.39 is 41.1 Å². The van der Waals surface area contributed by atoms with Gasteiger partial charge in [-0.1, -0.05) is 69.3 Å². The first-order chi connectivity index (χ1) is 19.4. The van der Waals surface area contributed by atoms with Crippen LogP contribution in [-0.4, -0.2) is 52.4 Å². The Morgan fingerprint density at radius 3 is 2.17 bits per heavy atom. The first kappa shape index (κ1) is 27.6. The van der Waals surface area contributed by atoms with E-state index in [1.807, 2.05) is 6.92 Å². The minimum atomic E-state index is -2.20. The van der Waals surface area contributed by atoms with Crippen LogP contribution in [-0.2, 0) is 14.3 Å². The van der Waals surface area contributed by atoms with Gasteiger partial charge in [-0.2, -0.15) is 0 Å². The van der Waals surface area contributed by atoms with Gasteiger partial charge < -0.3 is 19.7 Å². The Labute approximate surface area is 239 Å². The van der Waals surface area contributed by atoms with Gasteiger partial charge in [0.15, 0.2) is 17.5 Å². The highest BCUT2D eigenvalue weighted by atomic mass is 16.6. The molecule has 1 spiro atoms. The average Bonchev–Trinajstić information content (AvgIpc) is 3.46. The van der Waals surface area contributed by atoms with Gasteiger partial charge in [0.2, 0.25) is 0 Å². The van der Waals surface area contributed by atoms with Crippen molar-refractivity contribution in [3.63, 3.8) is 0 Å². The summed E-state index contributed by atoms with van der Waals surface area (Å²) in [6, 6.07) is 16.9. The van der Waals surface area contributed by atoms with Crippen LogP contribution in [0.3, 0.4) is 0 Å². The van der Waals surface area contributed by atoms with Crippen molar-refractivity contribution in [1.82, 2.24) is 0 Å². The fraction of sp³-hybridized carbons (Fsp3) is 0.441. The molecule has 2 aromatic carbocycles. The van der Waals surface area contributed by atoms with E-state index in [9.17, 15) is 24.6 Å². The number of aliphatic hydroxyl groups excluding tert-OH is 1. The van der Waals surface area contributed by atoms with Crippen LogP contribution in [0.25, 0.3) is 0 Å². The van der Waals surface area contributed by atoms with Crippen molar-refractivity contribution in [2.45, 2.75) is 51.9 Å². The molecule has 7 heteroatoms. The minimum absolute atomic E-state index is 0.0193. The van der Waals surface area contributed by atoms with Gasteiger partial charge in [0.25, 0.3) is 0 Å². The van der Waals surface area contributed by atoms with Crippen molar-refractivity contribution < 1.29 is 34.1 Å². The van der Waals surface area contributed by atoms with E-state index in [-0.39, 0.29) is 41.1 Å². The molecule has 4 aliphatic carbocycles. The van der Waals surface area contributed by atoms with Gasteiger partial charge in [0.05, 0.1) is 16.5 Å². The van der Waals surface area contributed by atoms with E-state index >= 15 is 0 Å². The SMILES string of the molecule is CC1=CC23C(=O)[C@@H](C=C(COC(=O)c4ccccc4)[C@@H](O)[C@@]2(O)[C@H]1OC(=O)c1ccccc1)[C@H]1[C@@H](C[C@H]3C)C1(C)C. The van der Waals surface area contributed by atoms with Crippen LogP contribution in [0.2, 0.25) is 0 Å². The predicted molar refractivity (Wildman–Crippen MR) is 151 cm³/mol. The Hall–Kier alpha value is -3.55. The second-order valence-electron chi connectivity index (χ2n) is 12.8. The summed E-state index contributed by atoms with van der Waals surface area (Å²) in [7, 11) is 0. The van der Waals surface area contributed by atoms with Crippen molar-refractivity contribution in [2.24, 2.45) is 34.5 Å². The molecule has 4 aliphatic rings. The predicted octanol–water partition coefficient (Wildman–Crippen LogP) is 4.54. The van der Waals surface area contributed by atoms with Crippen LogP contribution >= 0.6 is 0 Å². The molecule has 0 radical (unpaired) electrons. The van der Waals surface area contributed by atoms with Crippen molar-refractivity contribution in [2.75, 3.05) is 6.61 Å². The Morgan fingerprint density at radius 2 is 1.56 bits per heavy atom. The van der Waals surface area contributed by atoms with Gasteiger partial charge in [-0.25, -0.2) is 9.59 Å². The van der Waals surface area contributed by atoms with Gasteiger partial charge >= 0.3 is 11.9 Å². The van der Waals surface area contributed by atoms with Crippen molar-refractivity contribution in [3.05, 3.63) is 95.1 Å². The van der Waals surface area contributed by atoms with E-state index in [2.05, 4.69) is 13.8 Å². The summed E-state index contributed by atoms with van der Waals surface area (Å²) in [4.78, 5) is 40.8. The molecule has 6 rings (SSSR count). The molecular formula is C34H36O7. The quantitative estimate of drug-likeness (QED) is 0.411. The van der Waals surface area contributed by atoms with Gasteiger partial charge in [-0.05, 0) is 71.9 Å². The number of carbonyl (C=O) groups is 3. The number of hydrogen-bond acceptors (Lipinski definition) is 7. The zero-order valence-electron chi connectivity index (χ0n) is 23.7. The van der Waals surface area contributed by atoms with Crippen molar-refractivity contribution in [3.8, 4) is 0 Å². The third kappa shape index (κ3) is 3.89. The van der Waals surface area contributed by atoms with E-state index in [1.54, 1.807) is 79.7 Å². The van der Waals surface area contributed by atoms with Gasteiger partial charge in [0.1, 0.15) is 12.7 Å². The number of hydrogen-bond donors (Lipinski definition) is 2. The minimum Gasteiger partial charge on any atom is -0.457 e. The fourth-order valence-corrected chi connectivity index (χ4v) is 8.14. The molecule has 0 saturated heterocycles. The Morgan fingerprint density at radius 1 is 0.976 bits per heavy atom. The number of allylic oxidation sites excluding steroid dienone is 1. The number of ketones is 1. The smallest absolute Gasteiger partial charge is 0.338 e. The monoisotopic (exact) mass is 556 g/mol. The van der Waals surface area contributed by atoms with E-state index in [0.717, 1.165) is 0 Å². The first-order valence-electron chi connectivity index (χ1n) is 14.3. The summed E-state index contributed by atoms with van der Waals surface area (Å²) in [5, 5.41) is 24.8. The summed E-state index contributed by atoms with van der Waals surface area (Å²) >= 11 is 0. The summed E-state index contributed by atoms with van der Waals surface area (Å²) in [6.45, 7) is 7.64. The van der Waals surface area contributed by atoms with Crippen molar-refractivity contribution in [1.29, 1.82) is 0 Å². The highest BCUT2D eigenvalue weighted by Crippen LogP contribution is 2.71. The van der Waals surface area contributed by atoms with Crippen LogP contribution in [0, 0.1) is 34.5 Å². The van der Waals surface area contributed by atoms with Gasteiger partial charge in [0, 0.05) is 5.92 Å². The number of ether oxygens (including phenoxy) is 2. The molecule has 0 amide bonds. The van der Waals surface area contributed by atoms with Crippen LogP contribution in [0.15, 0.2) is 84.0 Å². The summed E-state index contributed by atoms with van der Waals surface area (Å²) in [5.41, 5.74) is -2.40. The van der Waals surface area contributed by atoms with E-state index in [0.29, 0.717) is 23.1 Å². The molecule has 2 aromatic rings. The molecule has 214 valence electrons. The molecule has 7 nitrogen and oxygen atoms in total. The molecule has 41 heavy (non-hydrogen) atoms. The molecule has 0 aromatic heterocycles. The van der Waals surface area contributed by atoms with E-state index in [1.165, 1.54) is 0 Å². The summed E-state index contributed by atoms with van der Waals surface area (Å²) < 4.78 is 11.6. The molecule has 2 fully saturated rings. The molecule has 2 saturated carbocycles. The maximum atomic E-state index is 14.7. The number of benzene rings is 2.